The Morgan fingerprint density at radius 3 is 2.19 bits per heavy atom. The molecule has 1 saturated heterocycles. The highest BCUT2D eigenvalue weighted by Gasteiger charge is 2.44. The van der Waals surface area contributed by atoms with Gasteiger partial charge in [-0.1, -0.05) is 19.3 Å². The topological polar surface area (TPSA) is 52.6 Å². The summed E-state index contributed by atoms with van der Waals surface area (Å²) in [6.45, 7) is 0.548. The number of hydrogen-bond acceptors (Lipinski definition) is 2. The molecule has 122 valence electrons. The molecule has 7 heteroatoms. The summed E-state index contributed by atoms with van der Waals surface area (Å²) in [5, 5.41) is 12.2. The van der Waals surface area contributed by atoms with Crippen molar-refractivity contribution in [3.8, 4) is 0 Å². The maximum Gasteiger partial charge on any atom is 0.414 e. The Balaban J connectivity index is 1.76. The third-order valence-corrected chi connectivity index (χ3v) is 4.54. The largest absolute Gasteiger partial charge is 0.414 e. The fourth-order valence-electron chi connectivity index (χ4n) is 3.20. The highest BCUT2D eigenvalue weighted by atomic mass is 19.4. The van der Waals surface area contributed by atoms with Crippen molar-refractivity contribution in [2.45, 2.75) is 63.3 Å². The lowest BCUT2D eigenvalue weighted by Gasteiger charge is -2.35. The predicted molar refractivity (Wildman–Crippen MR) is 71.8 cm³/mol. The van der Waals surface area contributed by atoms with Gasteiger partial charge in [0.1, 0.15) is 0 Å². The van der Waals surface area contributed by atoms with Crippen LogP contribution in [0.15, 0.2) is 0 Å². The van der Waals surface area contributed by atoms with Crippen LogP contribution in [0.4, 0.5) is 18.0 Å². The van der Waals surface area contributed by atoms with Crippen LogP contribution in [0, 0.1) is 5.92 Å². The van der Waals surface area contributed by atoms with Gasteiger partial charge < -0.3 is 15.3 Å². The van der Waals surface area contributed by atoms with Crippen LogP contribution in [-0.2, 0) is 0 Å². The minimum atomic E-state index is -4.57. The van der Waals surface area contributed by atoms with Crippen molar-refractivity contribution < 1.29 is 23.1 Å². The summed E-state index contributed by atoms with van der Waals surface area (Å²) in [5.41, 5.74) is 0. The summed E-state index contributed by atoms with van der Waals surface area (Å²) in [6.07, 6.45) is -1.07. The molecule has 2 N–H and O–H groups in total. The zero-order valence-electron chi connectivity index (χ0n) is 12.0. The van der Waals surface area contributed by atoms with Gasteiger partial charge in [0.25, 0.3) is 0 Å². The third-order valence-electron chi connectivity index (χ3n) is 4.54. The van der Waals surface area contributed by atoms with Gasteiger partial charge in [0.15, 0.2) is 6.10 Å². The molecule has 0 aromatic rings. The zero-order valence-corrected chi connectivity index (χ0v) is 12.0. The molecule has 0 radical (unpaired) electrons. The second-order valence-corrected chi connectivity index (χ2v) is 6.10. The van der Waals surface area contributed by atoms with Crippen LogP contribution in [-0.4, -0.2) is 47.4 Å². The molecule has 21 heavy (non-hydrogen) atoms. The highest BCUT2D eigenvalue weighted by molar-refractivity contribution is 5.74. The number of urea groups is 1. The second-order valence-electron chi connectivity index (χ2n) is 6.10. The number of amides is 2. The zero-order chi connectivity index (χ0) is 15.5. The van der Waals surface area contributed by atoms with Gasteiger partial charge in [0, 0.05) is 19.1 Å². The Kier molecular flexibility index (Phi) is 5.35. The Morgan fingerprint density at radius 1 is 1.10 bits per heavy atom. The molecule has 1 atom stereocenters. The van der Waals surface area contributed by atoms with E-state index in [1.54, 1.807) is 4.90 Å². The molecule has 2 rings (SSSR count). The van der Waals surface area contributed by atoms with Crippen molar-refractivity contribution in [3.63, 3.8) is 0 Å². The molecule has 1 aliphatic heterocycles. The van der Waals surface area contributed by atoms with Gasteiger partial charge in [-0.25, -0.2) is 4.79 Å². The van der Waals surface area contributed by atoms with Crippen molar-refractivity contribution in [1.29, 1.82) is 0 Å². The third kappa shape index (κ3) is 4.49. The van der Waals surface area contributed by atoms with Gasteiger partial charge in [-0.2, -0.15) is 13.2 Å². The lowest BCUT2D eigenvalue weighted by Crippen LogP contribution is -2.50. The van der Waals surface area contributed by atoms with Crippen LogP contribution in [0.25, 0.3) is 0 Å². The van der Waals surface area contributed by atoms with E-state index in [1.165, 1.54) is 6.42 Å². The van der Waals surface area contributed by atoms with E-state index in [-0.39, 0.29) is 38.0 Å². The molecule has 1 unspecified atom stereocenters. The van der Waals surface area contributed by atoms with Gasteiger partial charge in [-0.05, 0) is 31.6 Å². The summed E-state index contributed by atoms with van der Waals surface area (Å²) >= 11 is 0. The van der Waals surface area contributed by atoms with Crippen LogP contribution >= 0.6 is 0 Å². The maximum absolute atomic E-state index is 12.5. The number of piperidine rings is 1. The number of hydrogen-bond donors (Lipinski definition) is 2. The van der Waals surface area contributed by atoms with Crippen LogP contribution in [0.5, 0.6) is 0 Å². The number of nitrogens with one attached hydrogen (secondary N) is 1. The Hall–Kier alpha value is -0.980. The normalized spacial score (nSPS) is 23.9. The van der Waals surface area contributed by atoms with E-state index >= 15 is 0 Å². The van der Waals surface area contributed by atoms with Crippen LogP contribution in [0.2, 0.25) is 0 Å². The van der Waals surface area contributed by atoms with Gasteiger partial charge in [0.05, 0.1) is 0 Å². The van der Waals surface area contributed by atoms with Crippen molar-refractivity contribution in [1.82, 2.24) is 10.2 Å². The number of likely N-dealkylation sites (tertiary alicyclic amines) is 1. The summed E-state index contributed by atoms with van der Waals surface area (Å²) in [5.74, 6) is -0.802. The first-order valence-electron chi connectivity index (χ1n) is 7.68. The summed E-state index contributed by atoms with van der Waals surface area (Å²) in [6, 6.07) is 0.0200. The van der Waals surface area contributed by atoms with E-state index < -0.39 is 18.2 Å². The van der Waals surface area contributed by atoms with E-state index in [4.69, 9.17) is 0 Å². The number of alkyl halides is 3. The minimum absolute atomic E-state index is 0.179. The fourth-order valence-corrected chi connectivity index (χ4v) is 3.20. The molecule has 0 aromatic heterocycles. The first-order valence-corrected chi connectivity index (χ1v) is 7.68. The number of carbonyl (C=O) groups excluding carboxylic acids is 1. The molecule has 1 saturated carbocycles. The quantitative estimate of drug-likeness (QED) is 0.824. The first kappa shape index (κ1) is 16.4. The number of rotatable bonds is 2. The van der Waals surface area contributed by atoms with E-state index in [0.29, 0.717) is 0 Å². The molecule has 2 aliphatic rings. The summed E-state index contributed by atoms with van der Waals surface area (Å²) < 4.78 is 37.4. The van der Waals surface area contributed by atoms with Crippen molar-refractivity contribution >= 4 is 6.03 Å². The minimum Gasteiger partial charge on any atom is -0.383 e. The van der Waals surface area contributed by atoms with Crippen molar-refractivity contribution in [2.75, 3.05) is 13.1 Å². The Bertz CT molecular complexity index is 349. The van der Waals surface area contributed by atoms with Gasteiger partial charge >= 0.3 is 12.2 Å². The molecule has 1 heterocycles. The van der Waals surface area contributed by atoms with Crippen molar-refractivity contribution in [3.05, 3.63) is 0 Å². The highest BCUT2D eigenvalue weighted by Crippen LogP contribution is 2.31. The number of carbonyl (C=O) groups is 1. The van der Waals surface area contributed by atoms with Gasteiger partial charge in [0.2, 0.25) is 0 Å². The van der Waals surface area contributed by atoms with E-state index in [0.717, 1.165) is 25.7 Å². The van der Waals surface area contributed by atoms with Crippen LogP contribution < -0.4 is 5.32 Å². The summed E-state index contributed by atoms with van der Waals surface area (Å²) in [4.78, 5) is 13.6. The SMILES string of the molecule is O=C(NC1CCCCC1)N1CCC(C(O)C(F)(F)F)CC1. The Labute approximate surface area is 122 Å². The van der Waals surface area contributed by atoms with Crippen LogP contribution in [0.3, 0.4) is 0 Å². The van der Waals surface area contributed by atoms with Gasteiger partial charge in [-0.3, -0.25) is 0 Å². The smallest absolute Gasteiger partial charge is 0.383 e. The Morgan fingerprint density at radius 2 is 1.67 bits per heavy atom. The molecular weight excluding hydrogens is 285 g/mol. The van der Waals surface area contributed by atoms with E-state index in [1.807, 2.05) is 0 Å². The predicted octanol–water partition coefficient (Wildman–Crippen LogP) is 2.66. The van der Waals surface area contributed by atoms with Crippen molar-refractivity contribution in [2.24, 2.45) is 5.92 Å². The first-order chi connectivity index (χ1) is 9.88. The average molecular weight is 308 g/mol. The second kappa shape index (κ2) is 6.85. The molecule has 2 fully saturated rings. The standard InChI is InChI=1S/C14H23F3N2O2/c15-14(16,17)12(20)10-6-8-19(9-7-10)13(21)18-11-4-2-1-3-5-11/h10-12,20H,1-9H2,(H,18,21). The van der Waals surface area contributed by atoms with Crippen LogP contribution in [0.1, 0.15) is 44.9 Å². The van der Waals surface area contributed by atoms with E-state index in [9.17, 15) is 23.1 Å². The molecule has 1 aliphatic carbocycles. The van der Waals surface area contributed by atoms with E-state index in [2.05, 4.69) is 5.32 Å². The molecule has 4 nitrogen and oxygen atoms in total. The fraction of sp³-hybridized carbons (Fsp3) is 0.929. The molecule has 2 amide bonds. The maximum atomic E-state index is 12.5. The molecule has 0 aromatic carbocycles. The lowest BCUT2D eigenvalue weighted by atomic mass is 9.91. The number of aliphatic hydroxyl groups excluding tert-OH is 1. The lowest BCUT2D eigenvalue weighted by molar-refractivity contribution is -0.222. The molecule has 0 spiro atoms. The van der Waals surface area contributed by atoms with Gasteiger partial charge in [-0.15, -0.1) is 0 Å². The average Bonchev–Trinajstić information content (AvgIpc) is 2.46. The number of aliphatic hydroxyl groups is 1. The number of nitrogens with zero attached hydrogens (tertiary/aromatic N) is 1. The number of halogens is 3. The molecule has 0 bridgehead atoms. The molecular formula is C14H23F3N2O2. The monoisotopic (exact) mass is 308 g/mol. The summed E-state index contributed by atoms with van der Waals surface area (Å²) in [7, 11) is 0.